The summed E-state index contributed by atoms with van der Waals surface area (Å²) in [4.78, 5) is 49.2. The number of hydrogen-bond donors (Lipinski definition) is 1. The molecular formula is C23H28N6O6S. The van der Waals surface area contributed by atoms with Crippen molar-refractivity contribution in [1.29, 1.82) is 0 Å². The number of aromatic nitrogens is 2. The van der Waals surface area contributed by atoms with Crippen molar-refractivity contribution in [1.82, 2.24) is 19.7 Å². The summed E-state index contributed by atoms with van der Waals surface area (Å²) in [5, 5.41) is 6.17. The van der Waals surface area contributed by atoms with Crippen molar-refractivity contribution in [2.45, 2.75) is 43.5 Å². The first-order valence-electron chi connectivity index (χ1n) is 11.6. The number of ketones is 1. The molecule has 1 aromatic carbocycles. The molecule has 1 saturated heterocycles. The van der Waals surface area contributed by atoms with Crippen LogP contribution in [-0.2, 0) is 36.1 Å². The van der Waals surface area contributed by atoms with Crippen molar-refractivity contribution in [3.05, 3.63) is 41.7 Å². The van der Waals surface area contributed by atoms with Gasteiger partial charge in [-0.05, 0) is 25.6 Å². The van der Waals surface area contributed by atoms with Gasteiger partial charge in [0.05, 0.1) is 35.6 Å². The summed E-state index contributed by atoms with van der Waals surface area (Å²) < 4.78 is 29.5. The van der Waals surface area contributed by atoms with Crippen LogP contribution in [-0.4, -0.2) is 76.7 Å². The molecule has 1 N–H and O–H groups in total. The number of hydroxylamine groups is 2. The number of rotatable bonds is 8. The lowest BCUT2D eigenvalue weighted by Gasteiger charge is -2.37. The lowest BCUT2D eigenvalue weighted by Crippen LogP contribution is -2.62. The van der Waals surface area contributed by atoms with E-state index in [0.717, 1.165) is 0 Å². The third-order valence-corrected chi connectivity index (χ3v) is 8.18. The Hall–Kier alpha value is -3.42. The molecule has 0 radical (unpaired) electrons. The molecule has 4 rings (SSSR count). The van der Waals surface area contributed by atoms with E-state index in [-0.39, 0.29) is 48.2 Å². The first-order chi connectivity index (χ1) is 17.1. The van der Waals surface area contributed by atoms with Gasteiger partial charge in [0.2, 0.25) is 15.2 Å². The lowest BCUT2D eigenvalue weighted by molar-refractivity contribution is -0.202. The minimum absolute atomic E-state index is 0.0218. The number of imide groups is 1. The molecule has 13 heteroatoms. The van der Waals surface area contributed by atoms with Gasteiger partial charge in [-0.3, -0.25) is 28.8 Å². The van der Waals surface area contributed by atoms with Crippen molar-refractivity contribution >= 4 is 39.0 Å². The van der Waals surface area contributed by atoms with Gasteiger partial charge >= 0.3 is 0 Å². The quantitative estimate of drug-likeness (QED) is 0.509. The van der Waals surface area contributed by atoms with Gasteiger partial charge in [0.25, 0.3) is 11.8 Å². The normalized spacial score (nSPS) is 20.7. The molecule has 0 aliphatic carbocycles. The Balaban J connectivity index is 1.82. The highest BCUT2D eigenvalue weighted by Crippen LogP contribution is 2.34. The standard InChI is InChI=1S/C23H28N6O6S/c1-5-16(30)19-20-15(12-24-27(20)4)25-21(26-19)14-10-8-9-11-17(14)36(33,34)23-22(32)29(35-7-3)18(31)13-28(23)6-2/h8-12,19,23H,5-7,13H2,1-4H3,(H,25,26). The maximum Gasteiger partial charge on any atom is 0.286 e. The number of anilines is 1. The van der Waals surface area contributed by atoms with Crippen LogP contribution in [0.2, 0.25) is 0 Å². The number of aryl methyl sites for hydroxylation is 1. The Kier molecular flexibility index (Phi) is 7.07. The number of nitrogens with one attached hydrogen (secondary N) is 1. The van der Waals surface area contributed by atoms with E-state index in [1.807, 2.05) is 0 Å². The summed E-state index contributed by atoms with van der Waals surface area (Å²) in [6.07, 6.45) is 1.78. The largest absolute Gasteiger partial charge is 0.337 e. The summed E-state index contributed by atoms with van der Waals surface area (Å²) >= 11 is 0. The number of amides is 2. The average Bonchev–Trinajstić information content (AvgIpc) is 3.25. The summed E-state index contributed by atoms with van der Waals surface area (Å²) in [5.74, 6) is -1.58. The molecule has 2 aliphatic rings. The van der Waals surface area contributed by atoms with Crippen LogP contribution in [0.3, 0.4) is 0 Å². The number of Topliss-reactive ketones (excluding diaryl/α,β-unsaturated/α-hetero) is 1. The van der Waals surface area contributed by atoms with Crippen LogP contribution < -0.4 is 5.32 Å². The molecule has 2 aliphatic heterocycles. The van der Waals surface area contributed by atoms with Gasteiger partial charge in [-0.2, -0.15) is 5.10 Å². The highest BCUT2D eigenvalue weighted by Gasteiger charge is 2.49. The number of likely N-dealkylation sites (N-methyl/N-ethyl adjacent to an activating group) is 1. The van der Waals surface area contributed by atoms with E-state index < -0.39 is 33.1 Å². The summed E-state index contributed by atoms with van der Waals surface area (Å²) in [6, 6.07) is 5.26. The maximum atomic E-state index is 14.0. The van der Waals surface area contributed by atoms with Crippen LogP contribution in [0.1, 0.15) is 44.5 Å². The molecule has 2 unspecified atom stereocenters. The van der Waals surface area contributed by atoms with Crippen LogP contribution in [0.25, 0.3) is 0 Å². The first kappa shape index (κ1) is 25.7. The van der Waals surface area contributed by atoms with Crippen molar-refractivity contribution in [3.63, 3.8) is 0 Å². The summed E-state index contributed by atoms with van der Waals surface area (Å²) in [7, 11) is -2.66. The van der Waals surface area contributed by atoms with Crippen molar-refractivity contribution < 1.29 is 27.6 Å². The number of sulfone groups is 1. The van der Waals surface area contributed by atoms with E-state index in [4.69, 9.17) is 4.84 Å². The van der Waals surface area contributed by atoms with E-state index in [9.17, 15) is 22.8 Å². The number of carbonyl (C=O) groups excluding carboxylic acids is 3. The fourth-order valence-corrected chi connectivity index (χ4v) is 6.33. The van der Waals surface area contributed by atoms with Gasteiger partial charge < -0.3 is 5.32 Å². The monoisotopic (exact) mass is 516 g/mol. The topological polar surface area (TPSA) is 143 Å². The average molecular weight is 517 g/mol. The fraction of sp³-hybridized carbons (Fsp3) is 0.435. The predicted molar refractivity (Wildman–Crippen MR) is 130 cm³/mol. The zero-order chi connectivity index (χ0) is 26.2. The molecule has 192 valence electrons. The Morgan fingerprint density at radius 2 is 1.92 bits per heavy atom. The van der Waals surface area contributed by atoms with Crippen molar-refractivity contribution in [3.8, 4) is 0 Å². The van der Waals surface area contributed by atoms with Crippen LogP contribution in [0.15, 0.2) is 40.4 Å². The predicted octanol–water partition coefficient (Wildman–Crippen LogP) is 1.05. The Morgan fingerprint density at radius 3 is 2.58 bits per heavy atom. The van der Waals surface area contributed by atoms with Crippen molar-refractivity contribution in [2.24, 2.45) is 12.0 Å². The van der Waals surface area contributed by atoms with Gasteiger partial charge in [-0.15, -0.1) is 5.06 Å². The number of amidine groups is 1. The fourth-order valence-electron chi connectivity index (χ4n) is 4.37. The molecular weight excluding hydrogens is 488 g/mol. The van der Waals surface area contributed by atoms with E-state index in [2.05, 4.69) is 15.4 Å². The zero-order valence-electron chi connectivity index (χ0n) is 20.5. The SMILES string of the molecule is CCON1C(=O)CN(CC)C(S(=O)(=O)c2ccccc2C2=NC(C(=O)CC)c3c(cnn3C)N2)C1=O. The number of benzene rings is 1. The molecule has 12 nitrogen and oxygen atoms in total. The lowest BCUT2D eigenvalue weighted by atomic mass is 10.0. The second-order valence-corrected chi connectivity index (χ2v) is 10.3. The number of nitrogens with zero attached hydrogens (tertiary/aromatic N) is 5. The van der Waals surface area contributed by atoms with Crippen LogP contribution >= 0.6 is 0 Å². The molecule has 2 aromatic rings. The summed E-state index contributed by atoms with van der Waals surface area (Å²) in [6.45, 7) is 4.87. The maximum absolute atomic E-state index is 14.0. The Bertz CT molecular complexity index is 1350. The minimum atomic E-state index is -4.37. The van der Waals surface area contributed by atoms with Gasteiger partial charge in [0, 0.05) is 19.0 Å². The number of hydrogen-bond acceptors (Lipinski definition) is 10. The highest BCUT2D eigenvalue weighted by atomic mass is 32.2. The number of aliphatic imine (C=N–C) groups is 1. The van der Waals surface area contributed by atoms with E-state index in [0.29, 0.717) is 16.4 Å². The molecule has 36 heavy (non-hydrogen) atoms. The van der Waals surface area contributed by atoms with E-state index >= 15 is 0 Å². The molecule has 0 saturated carbocycles. The van der Waals surface area contributed by atoms with Crippen LogP contribution in [0.4, 0.5) is 5.69 Å². The smallest absolute Gasteiger partial charge is 0.286 e. The molecule has 0 spiro atoms. The molecule has 1 aromatic heterocycles. The van der Waals surface area contributed by atoms with Crippen LogP contribution in [0, 0.1) is 0 Å². The number of carbonyl (C=O) groups is 3. The Labute approximate surface area is 208 Å². The number of fused-ring (bicyclic) bond motifs is 1. The zero-order valence-corrected chi connectivity index (χ0v) is 21.3. The van der Waals surface area contributed by atoms with Crippen molar-refractivity contribution in [2.75, 3.05) is 25.0 Å². The first-order valence-corrected chi connectivity index (χ1v) is 13.2. The second kappa shape index (κ2) is 9.91. The minimum Gasteiger partial charge on any atom is -0.337 e. The molecule has 0 bridgehead atoms. The van der Waals surface area contributed by atoms with Gasteiger partial charge in [0.1, 0.15) is 5.84 Å². The molecule has 2 amide bonds. The van der Waals surface area contributed by atoms with Gasteiger partial charge in [0.15, 0.2) is 11.8 Å². The van der Waals surface area contributed by atoms with Gasteiger partial charge in [-0.25, -0.2) is 13.4 Å². The van der Waals surface area contributed by atoms with E-state index in [1.165, 1.54) is 11.0 Å². The number of piperazine rings is 1. The van der Waals surface area contributed by atoms with E-state index in [1.54, 1.807) is 56.9 Å². The Morgan fingerprint density at radius 1 is 1.19 bits per heavy atom. The molecule has 2 atom stereocenters. The second-order valence-electron chi connectivity index (χ2n) is 8.29. The third-order valence-electron chi connectivity index (χ3n) is 6.12. The molecule has 1 fully saturated rings. The summed E-state index contributed by atoms with van der Waals surface area (Å²) in [5.41, 5.74) is 1.32. The van der Waals surface area contributed by atoms with Crippen LogP contribution in [0.5, 0.6) is 0 Å². The van der Waals surface area contributed by atoms with Gasteiger partial charge in [-0.1, -0.05) is 26.0 Å². The third kappa shape index (κ3) is 4.22. The highest BCUT2D eigenvalue weighted by molar-refractivity contribution is 7.92. The molecule has 3 heterocycles.